The molecule has 3 aromatic rings. The van der Waals surface area contributed by atoms with Gasteiger partial charge in [0.1, 0.15) is 10.6 Å². The van der Waals surface area contributed by atoms with Crippen molar-refractivity contribution in [3.05, 3.63) is 78.4 Å². The minimum absolute atomic E-state index is 0.0398. The van der Waals surface area contributed by atoms with Gasteiger partial charge in [-0.05, 0) is 42.8 Å². The molecule has 0 fully saturated rings. The predicted molar refractivity (Wildman–Crippen MR) is 130 cm³/mol. The predicted octanol–water partition coefficient (Wildman–Crippen LogP) is 5.41. The van der Waals surface area contributed by atoms with Crippen LogP contribution in [0.5, 0.6) is 11.5 Å². The van der Waals surface area contributed by atoms with Crippen molar-refractivity contribution >= 4 is 27.2 Å². The molecule has 3 rings (SSSR count). The molecule has 33 heavy (non-hydrogen) atoms. The second-order valence-corrected chi connectivity index (χ2v) is 8.96. The van der Waals surface area contributed by atoms with Crippen molar-refractivity contribution < 1.29 is 18.6 Å². The van der Waals surface area contributed by atoms with E-state index in [4.69, 9.17) is 14.4 Å². The molecule has 0 heterocycles. The van der Waals surface area contributed by atoms with Crippen molar-refractivity contribution in [3.8, 4) is 11.5 Å². The molecule has 0 radical (unpaired) electrons. The number of amides is 1. The summed E-state index contributed by atoms with van der Waals surface area (Å²) in [7, 11) is -2.29. The highest BCUT2D eigenvalue weighted by Gasteiger charge is 2.24. The fourth-order valence-electron chi connectivity index (χ4n) is 3.07. The summed E-state index contributed by atoms with van der Waals surface area (Å²) in [6.45, 7) is 2.68. The smallest absolute Gasteiger partial charge is 0.274 e. The molecule has 0 aromatic heterocycles. The van der Waals surface area contributed by atoms with Crippen LogP contribution in [0.25, 0.3) is 0 Å². The summed E-state index contributed by atoms with van der Waals surface area (Å²) in [4.78, 5) is 17.4. The molecule has 0 saturated carbocycles. The number of carbonyl (C=O) groups is 1. The van der Waals surface area contributed by atoms with Crippen LogP contribution in [0.3, 0.4) is 0 Å². The summed E-state index contributed by atoms with van der Waals surface area (Å²) in [5, 5.41) is 3.27. The van der Waals surface area contributed by atoms with Gasteiger partial charge in [-0.3, -0.25) is 14.4 Å². The van der Waals surface area contributed by atoms with E-state index in [1.54, 1.807) is 42.5 Å². The van der Waals surface area contributed by atoms with E-state index in [1.165, 1.54) is 13.2 Å². The van der Waals surface area contributed by atoms with Gasteiger partial charge in [0.05, 0.1) is 12.8 Å². The van der Waals surface area contributed by atoms with Gasteiger partial charge in [-0.15, -0.1) is 0 Å². The van der Waals surface area contributed by atoms with Crippen LogP contribution in [-0.4, -0.2) is 23.8 Å². The van der Waals surface area contributed by atoms with Crippen molar-refractivity contribution in [1.82, 2.24) is 5.48 Å². The molecule has 3 aromatic carbocycles. The number of para-hydroxylation sites is 2. The number of hydrogen-bond donors (Lipinski definition) is 4. The Morgan fingerprint density at radius 2 is 1.70 bits per heavy atom. The largest absolute Gasteiger partial charge is 0.454 e. The van der Waals surface area contributed by atoms with Crippen LogP contribution in [0.2, 0.25) is 0 Å². The van der Waals surface area contributed by atoms with Crippen molar-refractivity contribution in [3.63, 3.8) is 0 Å². The quantitative estimate of drug-likeness (QED) is 0.222. The zero-order chi connectivity index (χ0) is 23.7. The highest BCUT2D eigenvalue weighted by Crippen LogP contribution is 2.38. The molecule has 1 amide bonds. The number of unbranched alkanes of at least 4 members (excludes halogenated alkanes) is 1. The molecular formula is C24H28N4O4S. The van der Waals surface area contributed by atoms with Crippen molar-refractivity contribution in [1.29, 1.82) is 4.78 Å². The van der Waals surface area contributed by atoms with Gasteiger partial charge in [-0.25, -0.2) is 14.5 Å². The van der Waals surface area contributed by atoms with Crippen LogP contribution in [-0.2, 0) is 14.8 Å². The summed E-state index contributed by atoms with van der Waals surface area (Å²) in [5.41, 5.74) is 3.42. The lowest BCUT2D eigenvalue weighted by molar-refractivity contribution is 0.0537. The Morgan fingerprint density at radius 3 is 2.33 bits per heavy atom. The van der Waals surface area contributed by atoms with Gasteiger partial charge in [0.15, 0.2) is 15.7 Å². The highest BCUT2D eigenvalue weighted by atomic mass is 32.2. The minimum atomic E-state index is -3.62. The Hall–Kier alpha value is -3.56. The summed E-state index contributed by atoms with van der Waals surface area (Å²) in [5.74, 6) is 0.203. The van der Waals surface area contributed by atoms with Crippen molar-refractivity contribution in [2.45, 2.75) is 24.7 Å². The fourth-order valence-corrected chi connectivity index (χ4v) is 4.35. The third kappa shape index (κ3) is 6.47. The maximum Gasteiger partial charge on any atom is 0.274 e. The summed E-state index contributed by atoms with van der Waals surface area (Å²) < 4.78 is 31.3. The van der Waals surface area contributed by atoms with E-state index in [-0.39, 0.29) is 16.2 Å². The second-order valence-electron chi connectivity index (χ2n) is 7.21. The Labute approximate surface area is 194 Å². The highest BCUT2D eigenvalue weighted by molar-refractivity contribution is 7.93. The van der Waals surface area contributed by atoms with Gasteiger partial charge in [0.2, 0.25) is 0 Å². The lowest BCUT2D eigenvalue weighted by Crippen LogP contribution is -2.23. The maximum atomic E-state index is 13.7. The first-order valence-electron chi connectivity index (χ1n) is 10.5. The monoisotopic (exact) mass is 468 g/mol. The van der Waals surface area contributed by atoms with Crippen molar-refractivity contribution in [2.75, 3.05) is 23.7 Å². The average Bonchev–Trinajstić information content (AvgIpc) is 2.81. The lowest BCUT2D eigenvalue weighted by atomic mass is 10.1. The number of benzene rings is 3. The second kappa shape index (κ2) is 11.3. The van der Waals surface area contributed by atoms with E-state index in [0.717, 1.165) is 12.8 Å². The van der Waals surface area contributed by atoms with Gasteiger partial charge in [-0.2, -0.15) is 0 Å². The topological polar surface area (TPSA) is 113 Å². The van der Waals surface area contributed by atoms with E-state index >= 15 is 0 Å². The number of hydroxylamine groups is 1. The van der Waals surface area contributed by atoms with E-state index in [2.05, 4.69) is 22.4 Å². The van der Waals surface area contributed by atoms with Crippen LogP contribution in [0, 0.1) is 4.78 Å². The molecule has 8 nitrogen and oxygen atoms in total. The fraction of sp³-hybridized carbons (Fsp3) is 0.208. The first-order chi connectivity index (χ1) is 15.9. The molecule has 0 aliphatic heterocycles. The molecule has 4 N–H and O–H groups in total. The third-order valence-corrected chi connectivity index (χ3v) is 6.11. The van der Waals surface area contributed by atoms with E-state index in [1.807, 2.05) is 24.3 Å². The van der Waals surface area contributed by atoms with Gasteiger partial charge in [-0.1, -0.05) is 49.7 Å². The molecule has 1 unspecified atom stereocenters. The van der Waals surface area contributed by atoms with Crippen LogP contribution in [0.1, 0.15) is 30.1 Å². The van der Waals surface area contributed by atoms with Crippen LogP contribution in [0.4, 0.5) is 11.4 Å². The summed E-state index contributed by atoms with van der Waals surface area (Å²) in [6.07, 6.45) is 1.84. The van der Waals surface area contributed by atoms with Crippen LogP contribution >= 0.6 is 0 Å². The standard InChI is InChI=1S/C24H28N4O4S/c1-3-4-15-26-21-16-18(24(29)27-31-2)17-22(23(21)32-20-13-9-6-10-14-20)33(25,30)28-19-11-7-5-8-12-19/h5-14,16-17,26H,3-4,15H2,1-2H3,(H,27,29)(H2,25,28,30). The Morgan fingerprint density at radius 1 is 1.03 bits per heavy atom. The Bertz CT molecular complexity index is 1170. The summed E-state index contributed by atoms with van der Waals surface area (Å²) in [6, 6.07) is 20.8. The number of anilines is 2. The van der Waals surface area contributed by atoms with Crippen LogP contribution < -0.4 is 20.3 Å². The SMILES string of the molecule is CCCCNc1cc(C(=O)NOC)cc(S(=N)(=O)Nc2ccccc2)c1Oc1ccccc1. The molecule has 0 bridgehead atoms. The molecule has 174 valence electrons. The van der Waals surface area contributed by atoms with E-state index in [0.29, 0.717) is 23.7 Å². The zero-order valence-electron chi connectivity index (χ0n) is 18.6. The van der Waals surface area contributed by atoms with Gasteiger partial charge < -0.3 is 10.1 Å². The Balaban J connectivity index is 2.15. The summed E-state index contributed by atoms with van der Waals surface area (Å²) >= 11 is 0. The number of rotatable bonds is 11. The first-order valence-corrected chi connectivity index (χ1v) is 12.1. The van der Waals surface area contributed by atoms with Crippen LogP contribution in [0.15, 0.2) is 77.7 Å². The van der Waals surface area contributed by atoms with E-state index < -0.39 is 15.8 Å². The zero-order valence-corrected chi connectivity index (χ0v) is 19.4. The molecule has 0 aliphatic carbocycles. The molecule has 9 heteroatoms. The van der Waals surface area contributed by atoms with Gasteiger partial charge in [0.25, 0.3) is 5.91 Å². The number of nitrogens with one attached hydrogen (secondary N) is 4. The lowest BCUT2D eigenvalue weighted by Gasteiger charge is -2.20. The normalized spacial score (nSPS) is 12.4. The molecule has 0 aliphatic rings. The molecule has 0 spiro atoms. The van der Waals surface area contributed by atoms with Gasteiger partial charge in [0, 0.05) is 17.8 Å². The minimum Gasteiger partial charge on any atom is -0.454 e. The third-order valence-electron chi connectivity index (χ3n) is 4.67. The number of hydrogen-bond acceptors (Lipinski definition) is 6. The van der Waals surface area contributed by atoms with Gasteiger partial charge >= 0.3 is 0 Å². The Kier molecular flexibility index (Phi) is 8.28. The molecule has 1 atom stereocenters. The number of carbonyl (C=O) groups excluding carboxylic acids is 1. The number of ether oxygens (including phenoxy) is 1. The van der Waals surface area contributed by atoms with Crippen molar-refractivity contribution in [2.24, 2.45) is 0 Å². The average molecular weight is 469 g/mol. The maximum absolute atomic E-state index is 13.7. The molecular weight excluding hydrogens is 440 g/mol. The first kappa shape index (κ1) is 24.1. The molecule has 0 saturated heterocycles. The van der Waals surface area contributed by atoms with E-state index in [9.17, 15) is 9.00 Å².